The summed E-state index contributed by atoms with van der Waals surface area (Å²) in [6, 6.07) is 18.9. The van der Waals surface area contributed by atoms with Crippen molar-refractivity contribution in [2.75, 3.05) is 5.32 Å². The van der Waals surface area contributed by atoms with Gasteiger partial charge in [0, 0.05) is 11.3 Å². The maximum atomic E-state index is 12.5. The van der Waals surface area contributed by atoms with Crippen molar-refractivity contribution in [3.8, 4) is 0 Å². The zero-order chi connectivity index (χ0) is 21.3. The van der Waals surface area contributed by atoms with Crippen LogP contribution >= 0.6 is 0 Å². The monoisotopic (exact) mass is 399 g/mol. The largest absolute Gasteiger partial charge is 0.545 e. The molecule has 3 aromatic carbocycles. The minimum Gasteiger partial charge on any atom is -0.545 e. The molecule has 3 aromatic rings. The van der Waals surface area contributed by atoms with Gasteiger partial charge >= 0.3 is 0 Å². The Kier molecular flexibility index (Phi) is 4.85. The minimum absolute atomic E-state index is 0.0379. The van der Waals surface area contributed by atoms with Gasteiger partial charge in [-0.25, -0.2) is 0 Å². The van der Waals surface area contributed by atoms with Gasteiger partial charge in [-0.2, -0.15) is 0 Å². The van der Waals surface area contributed by atoms with E-state index >= 15 is 0 Å². The van der Waals surface area contributed by atoms with Gasteiger partial charge in [0.15, 0.2) is 0 Å². The standard InChI is InChI=1S/C23H16N2O5/c26-20(24-17-5-3-4-16(12-17)23(29)30)15-10-8-14(9-11-15)13-25-21(27)18-6-1-2-7-19(18)22(25)28/h1-12H,13H2,(H,24,26)(H,29,30)/p-1. The van der Waals surface area contributed by atoms with Gasteiger partial charge in [0.25, 0.3) is 17.7 Å². The van der Waals surface area contributed by atoms with Crippen LogP contribution in [0.2, 0.25) is 0 Å². The highest BCUT2D eigenvalue weighted by Crippen LogP contribution is 2.24. The van der Waals surface area contributed by atoms with E-state index in [0.29, 0.717) is 27.9 Å². The van der Waals surface area contributed by atoms with Crippen molar-refractivity contribution < 1.29 is 24.3 Å². The maximum absolute atomic E-state index is 12.5. The molecule has 1 heterocycles. The molecule has 0 saturated carbocycles. The summed E-state index contributed by atoms with van der Waals surface area (Å²) in [6.07, 6.45) is 0. The van der Waals surface area contributed by atoms with Crippen molar-refractivity contribution in [1.29, 1.82) is 0 Å². The fourth-order valence-electron chi connectivity index (χ4n) is 3.25. The van der Waals surface area contributed by atoms with Crippen molar-refractivity contribution in [3.05, 3.63) is 101 Å². The van der Waals surface area contributed by atoms with Gasteiger partial charge in [0.05, 0.1) is 23.6 Å². The van der Waals surface area contributed by atoms with Gasteiger partial charge in [-0.1, -0.05) is 36.4 Å². The van der Waals surface area contributed by atoms with Crippen LogP contribution in [0.4, 0.5) is 5.69 Å². The lowest BCUT2D eigenvalue weighted by Gasteiger charge is -2.14. The molecule has 1 aliphatic rings. The Bertz CT molecular complexity index is 1150. The molecule has 7 nitrogen and oxygen atoms in total. The number of imide groups is 1. The third-order valence-electron chi connectivity index (χ3n) is 4.79. The molecule has 0 bridgehead atoms. The predicted octanol–water partition coefficient (Wildman–Crippen LogP) is 2.10. The first-order valence-corrected chi connectivity index (χ1v) is 9.11. The second kappa shape index (κ2) is 7.63. The van der Waals surface area contributed by atoms with E-state index < -0.39 is 11.9 Å². The average Bonchev–Trinajstić information content (AvgIpc) is 2.99. The Labute approximate surface area is 171 Å². The van der Waals surface area contributed by atoms with Gasteiger partial charge in [0.2, 0.25) is 0 Å². The Morgan fingerprint density at radius 1 is 0.800 bits per heavy atom. The van der Waals surface area contributed by atoms with E-state index in [2.05, 4.69) is 5.32 Å². The number of nitrogens with zero attached hydrogens (tertiary/aromatic N) is 1. The van der Waals surface area contributed by atoms with E-state index in [1.807, 2.05) is 0 Å². The summed E-state index contributed by atoms with van der Waals surface area (Å²) in [5.41, 5.74) is 2.11. The number of hydrogen-bond acceptors (Lipinski definition) is 5. The van der Waals surface area contributed by atoms with Crippen LogP contribution in [0.1, 0.15) is 47.0 Å². The molecule has 4 rings (SSSR count). The number of hydrogen-bond donors (Lipinski definition) is 1. The number of carbonyl (C=O) groups excluding carboxylic acids is 4. The highest BCUT2D eigenvalue weighted by Gasteiger charge is 2.34. The summed E-state index contributed by atoms with van der Waals surface area (Å²) in [5, 5.41) is 13.6. The van der Waals surface area contributed by atoms with Crippen LogP contribution in [0.3, 0.4) is 0 Å². The van der Waals surface area contributed by atoms with E-state index in [4.69, 9.17) is 0 Å². The second-order valence-corrected chi connectivity index (χ2v) is 6.76. The van der Waals surface area contributed by atoms with Crippen molar-refractivity contribution in [1.82, 2.24) is 4.90 Å². The molecule has 0 aliphatic carbocycles. The van der Waals surface area contributed by atoms with E-state index in [-0.39, 0.29) is 23.9 Å². The molecule has 7 heteroatoms. The van der Waals surface area contributed by atoms with Gasteiger partial charge in [-0.15, -0.1) is 0 Å². The number of anilines is 1. The molecule has 0 atom stereocenters. The molecule has 0 unspecified atom stereocenters. The first-order valence-electron chi connectivity index (χ1n) is 9.11. The number of carboxylic acids is 1. The van der Waals surface area contributed by atoms with E-state index in [1.54, 1.807) is 54.6 Å². The maximum Gasteiger partial charge on any atom is 0.261 e. The number of benzene rings is 3. The summed E-state index contributed by atoms with van der Waals surface area (Å²) >= 11 is 0. The molecule has 148 valence electrons. The molecule has 0 spiro atoms. The third-order valence-corrected chi connectivity index (χ3v) is 4.79. The smallest absolute Gasteiger partial charge is 0.261 e. The Hall–Kier alpha value is -4.26. The third kappa shape index (κ3) is 3.56. The average molecular weight is 399 g/mol. The predicted molar refractivity (Wildman–Crippen MR) is 106 cm³/mol. The number of carbonyl (C=O) groups is 4. The van der Waals surface area contributed by atoms with Crippen LogP contribution in [-0.2, 0) is 6.54 Å². The highest BCUT2D eigenvalue weighted by molar-refractivity contribution is 6.21. The molecule has 0 saturated heterocycles. The summed E-state index contributed by atoms with van der Waals surface area (Å²) in [7, 11) is 0. The Morgan fingerprint density at radius 3 is 2.03 bits per heavy atom. The lowest BCUT2D eigenvalue weighted by Crippen LogP contribution is -2.29. The Balaban J connectivity index is 1.45. The van der Waals surface area contributed by atoms with E-state index in [9.17, 15) is 24.3 Å². The number of nitrogens with one attached hydrogen (secondary N) is 1. The first kappa shape index (κ1) is 19.1. The zero-order valence-corrected chi connectivity index (χ0v) is 15.6. The molecule has 3 amide bonds. The van der Waals surface area contributed by atoms with E-state index in [1.165, 1.54) is 23.1 Å². The highest BCUT2D eigenvalue weighted by atomic mass is 16.4. The van der Waals surface area contributed by atoms with Crippen molar-refractivity contribution in [2.45, 2.75) is 6.54 Å². The fraction of sp³-hybridized carbons (Fsp3) is 0.0435. The quantitative estimate of drug-likeness (QED) is 0.661. The van der Waals surface area contributed by atoms with Crippen LogP contribution < -0.4 is 10.4 Å². The molecular weight excluding hydrogens is 384 g/mol. The van der Waals surface area contributed by atoms with Crippen molar-refractivity contribution in [3.63, 3.8) is 0 Å². The van der Waals surface area contributed by atoms with Crippen LogP contribution in [0.5, 0.6) is 0 Å². The van der Waals surface area contributed by atoms with E-state index in [0.717, 1.165) is 0 Å². The summed E-state index contributed by atoms with van der Waals surface area (Å²) in [5.74, 6) is -2.43. The molecule has 1 aliphatic heterocycles. The SMILES string of the molecule is O=C([O-])c1cccc(NC(=O)c2ccc(CN3C(=O)c4ccccc4C3=O)cc2)c1. The molecule has 30 heavy (non-hydrogen) atoms. The topological polar surface area (TPSA) is 107 Å². The normalized spacial score (nSPS) is 12.6. The number of amides is 3. The summed E-state index contributed by atoms with van der Waals surface area (Å²) in [6.45, 7) is 0.0991. The van der Waals surface area contributed by atoms with Crippen LogP contribution in [0, 0.1) is 0 Å². The first-order chi connectivity index (χ1) is 14.4. The second-order valence-electron chi connectivity index (χ2n) is 6.76. The van der Waals surface area contributed by atoms with Gasteiger partial charge in [0.1, 0.15) is 0 Å². The molecular formula is C23H15N2O5-. The molecule has 0 fully saturated rings. The fourth-order valence-corrected chi connectivity index (χ4v) is 3.25. The lowest BCUT2D eigenvalue weighted by atomic mass is 10.1. The van der Waals surface area contributed by atoms with Crippen LogP contribution in [0.25, 0.3) is 0 Å². The van der Waals surface area contributed by atoms with Crippen molar-refractivity contribution >= 4 is 29.4 Å². The van der Waals surface area contributed by atoms with Gasteiger partial charge < -0.3 is 15.2 Å². The number of fused-ring (bicyclic) bond motifs is 1. The molecule has 1 N–H and O–H groups in total. The summed E-state index contributed by atoms with van der Waals surface area (Å²) < 4.78 is 0. The van der Waals surface area contributed by atoms with Crippen LogP contribution in [0.15, 0.2) is 72.8 Å². The Morgan fingerprint density at radius 2 is 1.43 bits per heavy atom. The van der Waals surface area contributed by atoms with Crippen LogP contribution in [-0.4, -0.2) is 28.6 Å². The number of rotatable bonds is 5. The molecule has 0 aromatic heterocycles. The number of aromatic carboxylic acids is 1. The zero-order valence-electron chi connectivity index (χ0n) is 15.6. The van der Waals surface area contributed by atoms with Gasteiger partial charge in [-0.05, 0) is 47.5 Å². The lowest BCUT2D eigenvalue weighted by molar-refractivity contribution is -0.255. The summed E-state index contributed by atoms with van der Waals surface area (Å²) in [4.78, 5) is 49.4. The van der Waals surface area contributed by atoms with Gasteiger partial charge in [-0.3, -0.25) is 19.3 Å². The molecule has 0 radical (unpaired) electrons. The number of carboxylic acid groups (broad SMARTS) is 1. The van der Waals surface area contributed by atoms with Crippen molar-refractivity contribution in [2.24, 2.45) is 0 Å². The minimum atomic E-state index is -1.33.